The number of esters is 1. The Morgan fingerprint density at radius 1 is 1.18 bits per heavy atom. The number of aliphatic hydroxyl groups is 1. The third-order valence-corrected chi connectivity index (χ3v) is 9.26. The zero-order valence-corrected chi connectivity index (χ0v) is 23.9. The molecule has 0 radical (unpaired) electrons. The maximum atomic E-state index is 14.6. The summed E-state index contributed by atoms with van der Waals surface area (Å²) in [5, 5.41) is 10.5. The lowest BCUT2D eigenvalue weighted by Crippen LogP contribution is -2.60. The standard InChI is InChI=1S/C31H48N2O6/c1-5-7-8-12-18-38-30(37)25-24-15-16-31(39-24)26(25)28(35)33(23(20-34)19-21(3)4)27(31)29(36)32(17-6-2)22-13-10-9-11-14-22/h5-6,21-27,34H,1-2,7-20H2,3-4H3/t23-,24-,25+,26+,27?,31?/m1/s1. The Morgan fingerprint density at radius 2 is 1.92 bits per heavy atom. The summed E-state index contributed by atoms with van der Waals surface area (Å²) in [6.07, 6.45) is 12.5. The van der Waals surface area contributed by atoms with Crippen molar-refractivity contribution in [2.45, 2.75) is 114 Å². The van der Waals surface area contributed by atoms with Crippen LogP contribution in [0.25, 0.3) is 0 Å². The number of rotatable bonds is 14. The maximum Gasteiger partial charge on any atom is 0.312 e. The van der Waals surface area contributed by atoms with Crippen molar-refractivity contribution in [3.63, 3.8) is 0 Å². The molecular weight excluding hydrogens is 496 g/mol. The predicted molar refractivity (Wildman–Crippen MR) is 149 cm³/mol. The van der Waals surface area contributed by atoms with Crippen LogP contribution >= 0.6 is 0 Å². The van der Waals surface area contributed by atoms with Crippen LogP contribution in [0.4, 0.5) is 0 Å². The summed E-state index contributed by atoms with van der Waals surface area (Å²) in [5.74, 6) is -2.10. The Balaban J connectivity index is 1.67. The molecule has 0 aromatic carbocycles. The van der Waals surface area contributed by atoms with Gasteiger partial charge in [-0.2, -0.15) is 0 Å². The lowest BCUT2D eigenvalue weighted by atomic mass is 9.70. The summed E-state index contributed by atoms with van der Waals surface area (Å²) in [6, 6.07) is -1.31. The molecule has 3 aliphatic heterocycles. The number of hydrogen-bond donors (Lipinski definition) is 1. The fourth-order valence-corrected chi connectivity index (χ4v) is 7.62. The van der Waals surface area contributed by atoms with Crippen molar-refractivity contribution in [3.8, 4) is 0 Å². The van der Waals surface area contributed by atoms with Gasteiger partial charge in [0.15, 0.2) is 0 Å². The number of carbonyl (C=O) groups is 3. The number of unbranched alkanes of at least 4 members (excludes halogenated alkanes) is 2. The van der Waals surface area contributed by atoms with E-state index in [1.165, 1.54) is 0 Å². The highest BCUT2D eigenvalue weighted by Gasteiger charge is 2.75. The van der Waals surface area contributed by atoms with Crippen LogP contribution in [-0.4, -0.2) is 82.3 Å². The summed E-state index contributed by atoms with van der Waals surface area (Å²) < 4.78 is 12.2. The molecule has 39 heavy (non-hydrogen) atoms. The van der Waals surface area contributed by atoms with Crippen molar-refractivity contribution in [2.75, 3.05) is 19.8 Å². The zero-order valence-electron chi connectivity index (χ0n) is 23.9. The molecule has 0 aromatic heterocycles. The average Bonchev–Trinajstić information content (AvgIpc) is 3.57. The first-order valence-corrected chi connectivity index (χ1v) is 15.1. The highest BCUT2D eigenvalue weighted by atomic mass is 16.6. The van der Waals surface area contributed by atoms with Crippen molar-refractivity contribution in [3.05, 3.63) is 25.3 Å². The van der Waals surface area contributed by atoms with Crippen molar-refractivity contribution in [1.82, 2.24) is 9.80 Å². The molecule has 1 aliphatic carbocycles. The van der Waals surface area contributed by atoms with Gasteiger partial charge in [-0.1, -0.05) is 45.3 Å². The second kappa shape index (κ2) is 13.0. The van der Waals surface area contributed by atoms with Gasteiger partial charge in [-0.05, 0) is 57.3 Å². The molecule has 1 spiro atoms. The molecule has 8 nitrogen and oxygen atoms in total. The normalized spacial score (nSPS) is 30.9. The molecule has 2 amide bonds. The van der Waals surface area contributed by atoms with E-state index >= 15 is 0 Å². The molecule has 3 heterocycles. The van der Waals surface area contributed by atoms with Crippen LogP contribution in [0.15, 0.2) is 25.3 Å². The van der Waals surface area contributed by atoms with Gasteiger partial charge in [-0.25, -0.2) is 0 Å². The zero-order chi connectivity index (χ0) is 28.2. The quantitative estimate of drug-likeness (QED) is 0.202. The smallest absolute Gasteiger partial charge is 0.312 e. The van der Waals surface area contributed by atoms with Crippen LogP contribution in [0, 0.1) is 17.8 Å². The maximum absolute atomic E-state index is 14.6. The Hall–Kier alpha value is -2.19. The number of aliphatic hydroxyl groups excluding tert-OH is 1. The van der Waals surface area contributed by atoms with E-state index in [0.29, 0.717) is 25.8 Å². The Morgan fingerprint density at radius 3 is 2.56 bits per heavy atom. The van der Waals surface area contributed by atoms with E-state index in [2.05, 4.69) is 13.2 Å². The van der Waals surface area contributed by atoms with Gasteiger partial charge >= 0.3 is 5.97 Å². The van der Waals surface area contributed by atoms with E-state index in [1.807, 2.05) is 24.8 Å². The van der Waals surface area contributed by atoms with E-state index < -0.39 is 41.6 Å². The Kier molecular flexibility index (Phi) is 9.92. The van der Waals surface area contributed by atoms with Crippen molar-refractivity contribution in [1.29, 1.82) is 0 Å². The number of fused-ring (bicyclic) bond motifs is 1. The summed E-state index contributed by atoms with van der Waals surface area (Å²) >= 11 is 0. The van der Waals surface area contributed by atoms with E-state index in [1.54, 1.807) is 11.0 Å². The van der Waals surface area contributed by atoms with Gasteiger partial charge in [-0.3, -0.25) is 14.4 Å². The first-order chi connectivity index (χ1) is 18.8. The van der Waals surface area contributed by atoms with Crippen molar-refractivity contribution >= 4 is 17.8 Å². The molecule has 4 aliphatic rings. The molecule has 1 saturated carbocycles. The van der Waals surface area contributed by atoms with Crippen LogP contribution in [-0.2, 0) is 23.9 Å². The molecule has 4 fully saturated rings. The first-order valence-electron chi connectivity index (χ1n) is 15.1. The Bertz CT molecular complexity index is 915. The number of hydrogen-bond acceptors (Lipinski definition) is 6. The third kappa shape index (κ3) is 5.69. The van der Waals surface area contributed by atoms with Gasteiger partial charge in [0.2, 0.25) is 11.8 Å². The van der Waals surface area contributed by atoms with Gasteiger partial charge in [0, 0.05) is 12.6 Å². The number of allylic oxidation sites excluding steroid dienone is 1. The highest BCUT2D eigenvalue weighted by Crippen LogP contribution is 2.59. The molecule has 0 aromatic rings. The molecule has 2 unspecified atom stereocenters. The van der Waals surface area contributed by atoms with Gasteiger partial charge in [0.25, 0.3) is 0 Å². The SMILES string of the molecule is C=CCCCCOC(=O)[C@@H]1[C@H]2C(=O)N([C@@H](CO)CC(C)C)C(C(=O)N(CC=C)C3CCCCC3)C23CC[C@H]1O3. The summed E-state index contributed by atoms with van der Waals surface area (Å²) in [7, 11) is 0. The van der Waals surface area contributed by atoms with Crippen LogP contribution in [0.1, 0.15) is 84.5 Å². The molecule has 218 valence electrons. The minimum absolute atomic E-state index is 0.0873. The Labute approximate surface area is 233 Å². The van der Waals surface area contributed by atoms with Crippen LogP contribution in [0.5, 0.6) is 0 Å². The van der Waals surface area contributed by atoms with Crippen molar-refractivity contribution in [2.24, 2.45) is 17.8 Å². The van der Waals surface area contributed by atoms with E-state index in [9.17, 15) is 19.5 Å². The minimum Gasteiger partial charge on any atom is -0.465 e. The number of likely N-dealkylation sites (tertiary alicyclic amines) is 1. The minimum atomic E-state index is -1.08. The summed E-state index contributed by atoms with van der Waals surface area (Å²) in [6.45, 7) is 12.2. The first kappa shape index (κ1) is 29.8. The van der Waals surface area contributed by atoms with Crippen LogP contribution in [0.2, 0.25) is 0 Å². The second-order valence-electron chi connectivity index (χ2n) is 12.3. The van der Waals surface area contributed by atoms with Gasteiger partial charge < -0.3 is 24.4 Å². The lowest BCUT2D eigenvalue weighted by Gasteiger charge is -2.42. The van der Waals surface area contributed by atoms with E-state index in [4.69, 9.17) is 9.47 Å². The number of amides is 2. The fraction of sp³-hybridized carbons (Fsp3) is 0.774. The van der Waals surface area contributed by atoms with Gasteiger partial charge in [0.1, 0.15) is 11.6 Å². The molecule has 6 atom stereocenters. The topological polar surface area (TPSA) is 96.4 Å². The monoisotopic (exact) mass is 544 g/mol. The molecule has 3 saturated heterocycles. The largest absolute Gasteiger partial charge is 0.465 e. The lowest BCUT2D eigenvalue weighted by molar-refractivity contribution is -0.157. The summed E-state index contributed by atoms with van der Waals surface area (Å²) in [4.78, 5) is 45.7. The molecule has 1 N–H and O–H groups in total. The molecule has 8 heteroatoms. The van der Waals surface area contributed by atoms with E-state index in [-0.39, 0.29) is 37.0 Å². The average molecular weight is 545 g/mol. The van der Waals surface area contributed by atoms with E-state index in [0.717, 1.165) is 51.4 Å². The molecular formula is C31H48N2O6. The molecule has 4 rings (SSSR count). The predicted octanol–water partition coefficient (Wildman–Crippen LogP) is 4.01. The van der Waals surface area contributed by atoms with Gasteiger partial charge in [0.05, 0.1) is 37.2 Å². The highest BCUT2D eigenvalue weighted by molar-refractivity contribution is 5.98. The van der Waals surface area contributed by atoms with Gasteiger partial charge in [-0.15, -0.1) is 13.2 Å². The van der Waals surface area contributed by atoms with Crippen LogP contribution < -0.4 is 0 Å². The van der Waals surface area contributed by atoms with Crippen molar-refractivity contribution < 1.29 is 29.0 Å². The number of ether oxygens (including phenoxy) is 2. The fourth-order valence-electron chi connectivity index (χ4n) is 7.62. The second-order valence-corrected chi connectivity index (χ2v) is 12.3. The summed E-state index contributed by atoms with van der Waals surface area (Å²) in [5.41, 5.74) is -1.08. The molecule has 2 bridgehead atoms. The number of nitrogens with zero attached hydrogens (tertiary/aromatic N) is 2. The number of carbonyl (C=O) groups excluding carboxylic acids is 3. The third-order valence-electron chi connectivity index (χ3n) is 9.26. The van der Waals surface area contributed by atoms with Crippen LogP contribution in [0.3, 0.4) is 0 Å².